The van der Waals surface area contributed by atoms with E-state index in [9.17, 15) is 29.4 Å². The van der Waals surface area contributed by atoms with E-state index in [1.165, 1.54) is 12.1 Å². The number of carbonyl (C=O) groups is 4. The van der Waals surface area contributed by atoms with Crippen molar-refractivity contribution in [2.45, 2.75) is 6.42 Å². The average Bonchev–Trinajstić information content (AvgIpc) is 2.85. The Morgan fingerprint density at radius 1 is 0.800 bits per heavy atom. The molecule has 2 N–H and O–H groups in total. The van der Waals surface area contributed by atoms with Gasteiger partial charge in [-0.2, -0.15) is 0 Å². The summed E-state index contributed by atoms with van der Waals surface area (Å²) in [4.78, 5) is 49.4. The molecule has 25 heavy (non-hydrogen) atoms. The van der Waals surface area contributed by atoms with Crippen LogP contribution < -0.4 is 0 Å². The van der Waals surface area contributed by atoms with E-state index in [0.29, 0.717) is 5.56 Å². The van der Waals surface area contributed by atoms with Gasteiger partial charge in [0, 0.05) is 17.5 Å². The Bertz CT molecular complexity index is 835. The molecule has 2 aromatic rings. The van der Waals surface area contributed by atoms with Gasteiger partial charge in [-0.25, -0.2) is 0 Å². The minimum atomic E-state index is -2.56. The lowest BCUT2D eigenvalue weighted by atomic mass is 9.69. The van der Waals surface area contributed by atoms with Crippen LogP contribution in [0.25, 0.3) is 0 Å². The van der Waals surface area contributed by atoms with Crippen molar-refractivity contribution in [1.82, 2.24) is 0 Å². The number of Topliss-reactive ketones (excluding diaryl/α,β-unsaturated/α-hetero) is 2. The molecule has 0 fully saturated rings. The van der Waals surface area contributed by atoms with Gasteiger partial charge >= 0.3 is 11.9 Å². The summed E-state index contributed by atoms with van der Waals surface area (Å²) >= 11 is 0. The Morgan fingerprint density at radius 3 is 1.68 bits per heavy atom. The highest BCUT2D eigenvalue weighted by Gasteiger charge is 2.61. The Hall–Kier alpha value is -3.28. The van der Waals surface area contributed by atoms with E-state index in [1.807, 2.05) is 0 Å². The average molecular weight is 338 g/mol. The van der Waals surface area contributed by atoms with Gasteiger partial charge in [-0.15, -0.1) is 0 Å². The molecule has 3 rings (SSSR count). The molecule has 0 aliphatic heterocycles. The van der Waals surface area contributed by atoms with Crippen LogP contribution >= 0.6 is 0 Å². The first-order valence-corrected chi connectivity index (χ1v) is 7.57. The summed E-state index contributed by atoms with van der Waals surface area (Å²) in [5.41, 5.74) is -2.01. The summed E-state index contributed by atoms with van der Waals surface area (Å²) in [5.74, 6) is -6.73. The maximum Gasteiger partial charge on any atom is 0.322 e. The predicted molar refractivity (Wildman–Crippen MR) is 86.4 cm³/mol. The van der Waals surface area contributed by atoms with Crippen LogP contribution in [0.3, 0.4) is 0 Å². The smallest absolute Gasteiger partial charge is 0.322 e. The summed E-state index contributed by atoms with van der Waals surface area (Å²) in [7, 11) is 0. The maximum absolute atomic E-state index is 12.7. The van der Waals surface area contributed by atoms with Gasteiger partial charge < -0.3 is 10.2 Å². The van der Waals surface area contributed by atoms with E-state index in [-0.39, 0.29) is 11.1 Å². The number of carboxylic acids is 2. The lowest BCUT2D eigenvalue weighted by Gasteiger charge is -2.29. The molecule has 0 atom stereocenters. The summed E-state index contributed by atoms with van der Waals surface area (Å²) in [6, 6.07) is 14.0. The van der Waals surface area contributed by atoms with Gasteiger partial charge in [0.15, 0.2) is 17.0 Å². The molecule has 0 saturated carbocycles. The molecule has 6 nitrogen and oxygen atoms in total. The minimum absolute atomic E-state index is 0.0671. The van der Waals surface area contributed by atoms with E-state index >= 15 is 0 Å². The second-order valence-electron chi connectivity index (χ2n) is 5.95. The van der Waals surface area contributed by atoms with Crippen molar-refractivity contribution in [3.05, 3.63) is 71.3 Å². The largest absolute Gasteiger partial charge is 0.480 e. The fourth-order valence-corrected chi connectivity index (χ4v) is 3.30. The number of rotatable bonds is 5. The number of benzene rings is 2. The molecule has 0 unspecified atom stereocenters. The third-order valence-corrected chi connectivity index (χ3v) is 4.56. The van der Waals surface area contributed by atoms with Crippen LogP contribution in [0.4, 0.5) is 0 Å². The van der Waals surface area contributed by atoms with Crippen molar-refractivity contribution >= 4 is 23.5 Å². The first-order chi connectivity index (χ1) is 11.9. The molecule has 6 heteroatoms. The molecule has 126 valence electrons. The Labute approximate surface area is 142 Å². The number of fused-ring (bicyclic) bond motifs is 1. The molecule has 0 radical (unpaired) electrons. The first kappa shape index (κ1) is 16.6. The molecule has 1 aliphatic carbocycles. The van der Waals surface area contributed by atoms with E-state index in [2.05, 4.69) is 0 Å². The molecule has 1 aliphatic rings. The Kier molecular flexibility index (Phi) is 3.96. The van der Waals surface area contributed by atoms with Crippen LogP contribution in [0.15, 0.2) is 54.6 Å². The zero-order valence-electron chi connectivity index (χ0n) is 13.0. The number of aliphatic carboxylic acids is 2. The number of ketones is 2. The van der Waals surface area contributed by atoms with Crippen LogP contribution in [0.2, 0.25) is 0 Å². The number of carbonyl (C=O) groups excluding carboxylic acids is 2. The molecule has 0 heterocycles. The van der Waals surface area contributed by atoms with Crippen molar-refractivity contribution in [2.24, 2.45) is 11.3 Å². The van der Waals surface area contributed by atoms with Gasteiger partial charge in [-0.1, -0.05) is 54.6 Å². The molecule has 0 spiro atoms. The molecular weight excluding hydrogens is 324 g/mol. The van der Waals surface area contributed by atoms with Crippen molar-refractivity contribution < 1.29 is 29.4 Å². The van der Waals surface area contributed by atoms with Crippen LogP contribution in [-0.4, -0.2) is 33.7 Å². The Morgan fingerprint density at radius 2 is 1.24 bits per heavy atom. The monoisotopic (exact) mass is 338 g/mol. The zero-order valence-corrected chi connectivity index (χ0v) is 13.0. The van der Waals surface area contributed by atoms with E-state index in [4.69, 9.17) is 0 Å². The van der Waals surface area contributed by atoms with Crippen LogP contribution in [0.1, 0.15) is 26.3 Å². The van der Waals surface area contributed by atoms with Gasteiger partial charge in [0.05, 0.1) is 0 Å². The normalized spacial score (nSPS) is 14.4. The quantitative estimate of drug-likeness (QED) is 0.808. The molecule has 0 saturated heterocycles. The lowest BCUT2D eigenvalue weighted by molar-refractivity contribution is -0.166. The van der Waals surface area contributed by atoms with E-state index in [1.54, 1.807) is 42.5 Å². The lowest BCUT2D eigenvalue weighted by Crippen LogP contribution is -2.51. The van der Waals surface area contributed by atoms with Crippen molar-refractivity contribution in [3.63, 3.8) is 0 Å². The standard InChI is InChI=1S/C19H14O6/c20-15-12-8-4-5-9-13(12)16(21)14(15)19(17(22)23,18(24)25)10-11-6-2-1-3-7-11/h1-9,14H,10H2,(H,22,23)(H,24,25). The first-order valence-electron chi connectivity index (χ1n) is 7.57. The highest BCUT2D eigenvalue weighted by Crippen LogP contribution is 2.42. The maximum atomic E-state index is 12.7. The SMILES string of the molecule is O=C1c2ccccc2C(=O)C1C(Cc1ccccc1)(C(=O)O)C(=O)O. The third-order valence-electron chi connectivity index (χ3n) is 4.56. The van der Waals surface area contributed by atoms with Crippen molar-refractivity contribution in [2.75, 3.05) is 0 Å². The summed E-state index contributed by atoms with van der Waals surface area (Å²) in [5, 5.41) is 19.5. The second kappa shape index (κ2) is 5.98. The fraction of sp³-hybridized carbons (Fsp3) is 0.158. The Balaban J connectivity index is 2.16. The minimum Gasteiger partial charge on any atom is -0.480 e. The van der Waals surface area contributed by atoms with Crippen LogP contribution in [0, 0.1) is 11.3 Å². The number of hydrogen-bond donors (Lipinski definition) is 2. The molecular formula is C19H14O6. The zero-order chi connectivity index (χ0) is 18.2. The highest BCUT2D eigenvalue weighted by molar-refractivity contribution is 6.30. The molecule has 0 bridgehead atoms. The summed E-state index contributed by atoms with van der Waals surface area (Å²) in [6.07, 6.45) is -0.464. The summed E-state index contributed by atoms with van der Waals surface area (Å²) in [6.45, 7) is 0. The van der Waals surface area contributed by atoms with Gasteiger partial charge in [0.1, 0.15) is 5.92 Å². The van der Waals surface area contributed by atoms with Crippen molar-refractivity contribution in [1.29, 1.82) is 0 Å². The van der Waals surface area contributed by atoms with Crippen LogP contribution in [0.5, 0.6) is 0 Å². The number of carboxylic acid groups (broad SMARTS) is 2. The second-order valence-corrected chi connectivity index (χ2v) is 5.95. The summed E-state index contributed by atoms with van der Waals surface area (Å²) < 4.78 is 0. The fourth-order valence-electron chi connectivity index (χ4n) is 3.30. The molecule has 0 aromatic heterocycles. The van der Waals surface area contributed by atoms with E-state index < -0.39 is 41.3 Å². The third kappa shape index (κ3) is 2.42. The van der Waals surface area contributed by atoms with Gasteiger partial charge in [0.2, 0.25) is 0 Å². The number of hydrogen-bond acceptors (Lipinski definition) is 4. The predicted octanol–water partition coefficient (Wildman–Crippen LogP) is 2.08. The highest BCUT2D eigenvalue weighted by atomic mass is 16.4. The molecule has 0 amide bonds. The van der Waals surface area contributed by atoms with Crippen LogP contribution in [-0.2, 0) is 16.0 Å². The topological polar surface area (TPSA) is 109 Å². The molecule has 2 aromatic carbocycles. The van der Waals surface area contributed by atoms with Gasteiger partial charge in [0.25, 0.3) is 0 Å². The van der Waals surface area contributed by atoms with Gasteiger partial charge in [-0.3, -0.25) is 19.2 Å². The van der Waals surface area contributed by atoms with Gasteiger partial charge in [-0.05, 0) is 5.56 Å². The van der Waals surface area contributed by atoms with Crippen molar-refractivity contribution in [3.8, 4) is 0 Å². The van der Waals surface area contributed by atoms with E-state index in [0.717, 1.165) is 0 Å².